The second-order valence-electron chi connectivity index (χ2n) is 15.2. The van der Waals surface area contributed by atoms with Crippen LogP contribution in [0.1, 0.15) is 108 Å². The number of phenols is 1. The van der Waals surface area contributed by atoms with E-state index in [9.17, 15) is 15.0 Å². The number of rotatable bonds is 14. The number of methoxy groups -OCH3 is 1. The minimum Gasteiger partial charge on any atom is -0.508 e. The summed E-state index contributed by atoms with van der Waals surface area (Å²) in [4.78, 5) is 11.9. The van der Waals surface area contributed by atoms with Crippen molar-refractivity contribution in [2.45, 2.75) is 130 Å². The third-order valence-electron chi connectivity index (χ3n) is 10.8. The number of phenolic OH excluding ortho intramolecular Hbond substituents is 1. The van der Waals surface area contributed by atoms with Crippen LogP contribution in [0, 0.1) is 19.3 Å². The molecule has 4 nitrogen and oxygen atoms in total. The van der Waals surface area contributed by atoms with Crippen molar-refractivity contribution in [1.82, 2.24) is 0 Å². The molecule has 3 rings (SSSR count). The van der Waals surface area contributed by atoms with Gasteiger partial charge in [-0.25, -0.2) is 0 Å². The van der Waals surface area contributed by atoms with Crippen molar-refractivity contribution in [3.8, 4) is 16.9 Å². The SMILES string of the molecule is CCC(CC)(c1ccc(CCC(O)C(C)(C)CC[Si+](C)C(C)(C)C)c(C)c1)c1ccc(-c2cc(O)cc(CC(=O)OC)c2)c(C)c1. The maximum atomic E-state index is 11.9. The van der Waals surface area contributed by atoms with Gasteiger partial charge in [-0.2, -0.15) is 0 Å². The summed E-state index contributed by atoms with van der Waals surface area (Å²) in [5.41, 5.74) is 8.76. The van der Waals surface area contributed by atoms with Crippen molar-refractivity contribution in [3.05, 3.63) is 88.0 Å². The number of ether oxygens (including phenoxy) is 1. The average Bonchev–Trinajstić information content (AvgIpc) is 2.99. The lowest BCUT2D eigenvalue weighted by Gasteiger charge is -2.34. The summed E-state index contributed by atoms with van der Waals surface area (Å²) in [6.07, 6.45) is 4.46. The summed E-state index contributed by atoms with van der Waals surface area (Å²) in [5.74, 6) is -0.192. The Bertz CT molecular complexity index is 1480. The Morgan fingerprint density at radius 1 is 0.891 bits per heavy atom. The molecule has 0 aliphatic heterocycles. The quantitative estimate of drug-likeness (QED) is 0.136. The second-order valence-corrected chi connectivity index (χ2v) is 18.7. The first-order valence-electron chi connectivity index (χ1n) is 17.1. The van der Waals surface area contributed by atoms with Crippen LogP contribution in [-0.2, 0) is 27.8 Å². The Morgan fingerprint density at radius 3 is 2.04 bits per heavy atom. The summed E-state index contributed by atoms with van der Waals surface area (Å²) < 4.78 is 4.83. The molecule has 5 heteroatoms. The Hall–Kier alpha value is -2.89. The lowest BCUT2D eigenvalue weighted by Crippen LogP contribution is -2.32. The van der Waals surface area contributed by atoms with Crippen LogP contribution in [0.15, 0.2) is 54.6 Å². The summed E-state index contributed by atoms with van der Waals surface area (Å²) >= 11 is 0. The first-order valence-corrected chi connectivity index (χ1v) is 19.3. The highest BCUT2D eigenvalue weighted by Crippen LogP contribution is 2.42. The van der Waals surface area contributed by atoms with E-state index in [1.807, 2.05) is 6.07 Å². The number of aryl methyl sites for hydroxylation is 3. The molecule has 0 aliphatic rings. The van der Waals surface area contributed by atoms with Gasteiger partial charge in [0.25, 0.3) is 0 Å². The highest BCUT2D eigenvalue weighted by atomic mass is 28.3. The summed E-state index contributed by atoms with van der Waals surface area (Å²) in [6, 6.07) is 20.2. The van der Waals surface area contributed by atoms with Crippen molar-refractivity contribution in [2.75, 3.05) is 7.11 Å². The summed E-state index contributed by atoms with van der Waals surface area (Å²) in [7, 11) is 0.921. The van der Waals surface area contributed by atoms with E-state index < -0.39 is 8.80 Å². The third-order valence-corrected chi connectivity index (χ3v) is 14.3. The van der Waals surface area contributed by atoms with Gasteiger partial charge in [-0.15, -0.1) is 0 Å². The van der Waals surface area contributed by atoms with E-state index in [0.29, 0.717) is 5.04 Å². The molecule has 0 aliphatic carbocycles. The third kappa shape index (κ3) is 8.92. The van der Waals surface area contributed by atoms with Crippen LogP contribution in [-0.4, -0.2) is 38.2 Å². The molecule has 46 heavy (non-hydrogen) atoms. The van der Waals surface area contributed by atoms with Crippen LogP contribution in [0.25, 0.3) is 11.1 Å². The highest BCUT2D eigenvalue weighted by Gasteiger charge is 2.39. The second kappa shape index (κ2) is 15.3. The largest absolute Gasteiger partial charge is 0.508 e. The van der Waals surface area contributed by atoms with Gasteiger partial charge >= 0.3 is 14.8 Å². The van der Waals surface area contributed by atoms with E-state index in [1.54, 1.807) is 12.1 Å². The molecular formula is C41H59O4Si+. The molecule has 250 valence electrons. The van der Waals surface area contributed by atoms with Gasteiger partial charge in [0.2, 0.25) is 0 Å². The van der Waals surface area contributed by atoms with Gasteiger partial charge in [0.15, 0.2) is 0 Å². The van der Waals surface area contributed by atoms with Gasteiger partial charge in [0.1, 0.15) is 5.75 Å². The number of carbonyl (C=O) groups is 1. The highest BCUT2D eigenvalue weighted by molar-refractivity contribution is 6.60. The number of hydrogen-bond donors (Lipinski definition) is 2. The first kappa shape index (κ1) is 37.6. The lowest BCUT2D eigenvalue weighted by atomic mass is 9.69. The molecule has 0 fully saturated rings. The van der Waals surface area contributed by atoms with Crippen molar-refractivity contribution in [3.63, 3.8) is 0 Å². The normalized spacial score (nSPS) is 13.0. The van der Waals surface area contributed by atoms with Crippen LogP contribution < -0.4 is 0 Å². The molecule has 1 unspecified atom stereocenters. The van der Waals surface area contributed by atoms with E-state index >= 15 is 0 Å². The Kier molecular flexibility index (Phi) is 12.5. The van der Waals surface area contributed by atoms with Crippen molar-refractivity contribution in [2.24, 2.45) is 5.41 Å². The molecule has 0 spiro atoms. The fourth-order valence-corrected chi connectivity index (χ4v) is 8.47. The molecule has 3 aromatic rings. The molecular weight excluding hydrogens is 585 g/mol. The maximum absolute atomic E-state index is 11.9. The van der Waals surface area contributed by atoms with E-state index in [-0.39, 0.29) is 35.1 Å². The van der Waals surface area contributed by atoms with Gasteiger partial charge in [-0.3, -0.25) is 4.79 Å². The Labute approximate surface area is 281 Å². The fourth-order valence-electron chi connectivity index (χ4n) is 6.70. The predicted molar refractivity (Wildman–Crippen MR) is 195 cm³/mol. The van der Waals surface area contributed by atoms with Crippen LogP contribution in [0.2, 0.25) is 17.6 Å². The smallest absolute Gasteiger partial charge is 0.316 e. The van der Waals surface area contributed by atoms with Gasteiger partial charge in [-0.05, 0) is 129 Å². The van der Waals surface area contributed by atoms with Crippen molar-refractivity contribution < 1.29 is 19.7 Å². The van der Waals surface area contributed by atoms with E-state index in [2.05, 4.69) is 105 Å². The van der Waals surface area contributed by atoms with Crippen LogP contribution >= 0.6 is 0 Å². The number of aliphatic hydroxyl groups excluding tert-OH is 1. The Balaban J connectivity index is 1.83. The zero-order valence-corrected chi connectivity index (χ0v) is 31.4. The van der Waals surface area contributed by atoms with Gasteiger partial charge in [0.05, 0.1) is 37.3 Å². The Morgan fingerprint density at radius 2 is 1.50 bits per heavy atom. The van der Waals surface area contributed by atoms with Crippen LogP contribution in [0.3, 0.4) is 0 Å². The molecule has 0 amide bonds. The minimum absolute atomic E-state index is 0.0873. The van der Waals surface area contributed by atoms with E-state index in [4.69, 9.17) is 4.74 Å². The number of aliphatic hydroxyl groups is 1. The monoisotopic (exact) mass is 643 g/mol. The summed E-state index contributed by atoms with van der Waals surface area (Å²) in [6.45, 7) is 22.8. The molecule has 0 aromatic heterocycles. The van der Waals surface area contributed by atoms with Crippen LogP contribution in [0.4, 0.5) is 0 Å². The molecule has 0 bridgehead atoms. The number of carbonyl (C=O) groups excluding carboxylic acids is 1. The fraction of sp³-hybridized carbons (Fsp3) is 0.537. The zero-order chi connectivity index (χ0) is 34.4. The molecule has 2 N–H and O–H groups in total. The summed E-state index contributed by atoms with van der Waals surface area (Å²) in [5, 5.41) is 22.0. The maximum Gasteiger partial charge on any atom is 0.316 e. The number of aromatic hydroxyl groups is 1. The van der Waals surface area contributed by atoms with Crippen LogP contribution in [0.5, 0.6) is 5.75 Å². The number of hydrogen-bond acceptors (Lipinski definition) is 4. The van der Waals surface area contributed by atoms with E-state index in [0.717, 1.165) is 54.4 Å². The molecule has 0 radical (unpaired) electrons. The van der Waals surface area contributed by atoms with Crippen molar-refractivity contribution >= 4 is 14.8 Å². The predicted octanol–water partition coefficient (Wildman–Crippen LogP) is 10.1. The molecule has 0 heterocycles. The molecule has 0 saturated heterocycles. The topological polar surface area (TPSA) is 66.8 Å². The molecule has 0 saturated carbocycles. The van der Waals surface area contributed by atoms with Gasteiger partial charge in [0, 0.05) is 5.41 Å². The first-order chi connectivity index (χ1) is 21.5. The van der Waals surface area contributed by atoms with E-state index in [1.165, 1.54) is 35.4 Å². The number of esters is 1. The van der Waals surface area contributed by atoms with Gasteiger partial charge in [-0.1, -0.05) is 70.2 Å². The minimum atomic E-state index is -0.455. The number of benzene rings is 3. The van der Waals surface area contributed by atoms with Gasteiger partial charge < -0.3 is 14.9 Å². The molecule has 1 atom stereocenters. The van der Waals surface area contributed by atoms with Crippen molar-refractivity contribution in [1.29, 1.82) is 0 Å². The zero-order valence-electron chi connectivity index (χ0n) is 30.4. The standard InChI is InChI=1S/C41H58O4Si/c1-12-41(13-2,34-17-18-36(29(4)23-34)32-24-30(25-35(42)27-32)26-38(44)45-10)33-16-14-31(28(3)22-33)15-19-37(43)40(8,9)20-21-46(11)39(5,6)7/h14,16-18,22-25,27,37,43H,12-13,15,19-21,26H2,1-11H3/p+1. The average molecular weight is 644 g/mol. The lowest BCUT2D eigenvalue weighted by molar-refractivity contribution is -0.139. The molecule has 3 aromatic carbocycles.